The number of aryl methyl sites for hydroxylation is 1. The average molecular weight is 336 g/mol. The topological polar surface area (TPSA) is 37.3 Å². The summed E-state index contributed by atoms with van der Waals surface area (Å²) in [5, 5.41) is 8.49. The summed E-state index contributed by atoms with van der Waals surface area (Å²) < 4.78 is 2.14. The molecular formula is C11H12Br2O2. The molecule has 0 atom stereocenters. The lowest BCUT2D eigenvalue weighted by Gasteiger charge is -2.04. The highest BCUT2D eigenvalue weighted by Crippen LogP contribution is 2.23. The Morgan fingerprint density at radius 1 is 1.27 bits per heavy atom. The van der Waals surface area contributed by atoms with Gasteiger partial charge < -0.3 is 5.11 Å². The minimum absolute atomic E-state index is 0.256. The first kappa shape index (κ1) is 12.7. The Morgan fingerprint density at radius 3 is 2.67 bits per heavy atom. The number of hydrogen-bond donors (Lipinski definition) is 1. The molecule has 0 aliphatic rings. The lowest BCUT2D eigenvalue weighted by molar-refractivity contribution is -0.137. The lowest BCUT2D eigenvalue weighted by atomic mass is 10.1. The van der Waals surface area contributed by atoms with Crippen LogP contribution >= 0.6 is 31.9 Å². The molecule has 15 heavy (non-hydrogen) atoms. The number of benzene rings is 1. The molecule has 82 valence electrons. The van der Waals surface area contributed by atoms with Crippen LogP contribution in [-0.4, -0.2) is 11.1 Å². The first-order valence-electron chi connectivity index (χ1n) is 4.75. The van der Waals surface area contributed by atoms with Crippen molar-refractivity contribution in [2.45, 2.75) is 25.7 Å². The second-order valence-electron chi connectivity index (χ2n) is 3.34. The van der Waals surface area contributed by atoms with E-state index in [1.807, 2.05) is 12.1 Å². The van der Waals surface area contributed by atoms with Gasteiger partial charge in [-0.05, 0) is 43.0 Å². The van der Waals surface area contributed by atoms with Gasteiger partial charge in [-0.25, -0.2) is 0 Å². The zero-order valence-electron chi connectivity index (χ0n) is 8.17. The summed E-state index contributed by atoms with van der Waals surface area (Å²) in [5.74, 6) is -0.719. The van der Waals surface area contributed by atoms with Gasteiger partial charge in [0, 0.05) is 15.4 Å². The molecule has 0 saturated heterocycles. The van der Waals surface area contributed by atoms with E-state index in [1.54, 1.807) is 0 Å². The van der Waals surface area contributed by atoms with Crippen molar-refractivity contribution in [3.05, 3.63) is 32.7 Å². The van der Waals surface area contributed by atoms with Crippen molar-refractivity contribution >= 4 is 37.8 Å². The van der Waals surface area contributed by atoms with Gasteiger partial charge in [0.05, 0.1) is 0 Å². The maximum atomic E-state index is 10.3. The van der Waals surface area contributed by atoms with E-state index in [9.17, 15) is 4.79 Å². The van der Waals surface area contributed by atoms with E-state index >= 15 is 0 Å². The molecule has 1 rings (SSSR count). The van der Waals surface area contributed by atoms with Crippen molar-refractivity contribution in [1.82, 2.24) is 0 Å². The molecule has 0 bridgehead atoms. The number of carboxylic acid groups (broad SMARTS) is 1. The van der Waals surface area contributed by atoms with Crippen LogP contribution in [0.3, 0.4) is 0 Å². The third-order valence-corrected chi connectivity index (χ3v) is 3.36. The van der Waals surface area contributed by atoms with E-state index in [2.05, 4.69) is 37.9 Å². The van der Waals surface area contributed by atoms with Gasteiger partial charge >= 0.3 is 5.97 Å². The molecule has 0 aliphatic carbocycles. The van der Waals surface area contributed by atoms with Crippen molar-refractivity contribution in [3.8, 4) is 0 Å². The van der Waals surface area contributed by atoms with Crippen LogP contribution in [0.1, 0.15) is 24.8 Å². The third-order valence-electron chi connectivity index (χ3n) is 2.09. The van der Waals surface area contributed by atoms with E-state index in [0.29, 0.717) is 0 Å². The van der Waals surface area contributed by atoms with Gasteiger partial charge in [0.25, 0.3) is 0 Å². The van der Waals surface area contributed by atoms with E-state index in [-0.39, 0.29) is 6.42 Å². The van der Waals surface area contributed by atoms with Gasteiger partial charge in [0.1, 0.15) is 0 Å². The minimum Gasteiger partial charge on any atom is -0.481 e. The minimum atomic E-state index is -0.719. The highest BCUT2D eigenvalue weighted by molar-refractivity contribution is 9.11. The van der Waals surface area contributed by atoms with Crippen LogP contribution in [0.5, 0.6) is 0 Å². The maximum Gasteiger partial charge on any atom is 0.303 e. The molecule has 0 aromatic heterocycles. The van der Waals surface area contributed by atoms with Crippen LogP contribution < -0.4 is 0 Å². The summed E-state index contributed by atoms with van der Waals surface area (Å²) in [4.78, 5) is 10.3. The number of halogens is 2. The first-order valence-corrected chi connectivity index (χ1v) is 6.34. The molecule has 2 nitrogen and oxygen atoms in total. The Labute approximate surface area is 106 Å². The van der Waals surface area contributed by atoms with Crippen molar-refractivity contribution in [3.63, 3.8) is 0 Å². The molecule has 0 spiro atoms. The van der Waals surface area contributed by atoms with Gasteiger partial charge in [-0.2, -0.15) is 0 Å². The molecule has 1 N–H and O–H groups in total. The van der Waals surface area contributed by atoms with Gasteiger partial charge in [-0.1, -0.05) is 31.9 Å². The number of carboxylic acids is 1. The van der Waals surface area contributed by atoms with Crippen molar-refractivity contribution in [1.29, 1.82) is 0 Å². The first-order chi connectivity index (χ1) is 7.09. The van der Waals surface area contributed by atoms with Gasteiger partial charge in [-0.3, -0.25) is 4.79 Å². The van der Waals surface area contributed by atoms with E-state index in [0.717, 1.165) is 28.2 Å². The maximum absolute atomic E-state index is 10.3. The Hall–Kier alpha value is -0.350. The fourth-order valence-electron chi connectivity index (χ4n) is 1.33. The Bertz CT molecular complexity index is 350. The summed E-state index contributed by atoms with van der Waals surface area (Å²) in [6.45, 7) is 0. The molecule has 0 saturated carbocycles. The highest BCUT2D eigenvalue weighted by atomic mass is 79.9. The number of unbranched alkanes of at least 4 members (excludes halogenated alkanes) is 1. The van der Waals surface area contributed by atoms with Crippen LogP contribution in [-0.2, 0) is 11.2 Å². The summed E-state index contributed by atoms with van der Waals surface area (Å²) in [7, 11) is 0. The fraction of sp³-hybridized carbons (Fsp3) is 0.364. The van der Waals surface area contributed by atoms with E-state index < -0.39 is 5.97 Å². The largest absolute Gasteiger partial charge is 0.481 e. The second-order valence-corrected chi connectivity index (χ2v) is 5.11. The summed E-state index contributed by atoms with van der Waals surface area (Å²) >= 11 is 6.89. The van der Waals surface area contributed by atoms with Crippen molar-refractivity contribution in [2.75, 3.05) is 0 Å². The van der Waals surface area contributed by atoms with Gasteiger partial charge in [0.2, 0.25) is 0 Å². The highest BCUT2D eigenvalue weighted by Gasteiger charge is 2.02. The summed E-state index contributed by atoms with van der Waals surface area (Å²) in [5.41, 5.74) is 1.22. The normalized spacial score (nSPS) is 10.3. The smallest absolute Gasteiger partial charge is 0.303 e. The van der Waals surface area contributed by atoms with E-state index in [4.69, 9.17) is 5.11 Å². The van der Waals surface area contributed by atoms with E-state index in [1.165, 1.54) is 5.56 Å². The zero-order valence-corrected chi connectivity index (χ0v) is 11.3. The van der Waals surface area contributed by atoms with Crippen LogP contribution in [0.15, 0.2) is 27.1 Å². The third kappa shape index (κ3) is 4.80. The van der Waals surface area contributed by atoms with Crippen LogP contribution in [0.2, 0.25) is 0 Å². The van der Waals surface area contributed by atoms with Gasteiger partial charge in [0.15, 0.2) is 0 Å². The molecule has 0 amide bonds. The van der Waals surface area contributed by atoms with Crippen molar-refractivity contribution in [2.24, 2.45) is 0 Å². The molecule has 0 heterocycles. The molecular weight excluding hydrogens is 324 g/mol. The zero-order chi connectivity index (χ0) is 11.3. The summed E-state index contributed by atoms with van der Waals surface area (Å²) in [6.07, 6.45) is 2.80. The Morgan fingerprint density at radius 2 is 2.00 bits per heavy atom. The van der Waals surface area contributed by atoms with Gasteiger partial charge in [-0.15, -0.1) is 0 Å². The molecule has 0 unspecified atom stereocenters. The monoisotopic (exact) mass is 334 g/mol. The Kier molecular flexibility index (Phi) is 5.32. The number of carbonyl (C=O) groups is 1. The second kappa shape index (κ2) is 6.28. The quantitative estimate of drug-likeness (QED) is 0.825. The van der Waals surface area contributed by atoms with Crippen LogP contribution in [0, 0.1) is 0 Å². The van der Waals surface area contributed by atoms with Crippen LogP contribution in [0.4, 0.5) is 0 Å². The molecule has 1 aromatic carbocycles. The molecule has 4 heteroatoms. The molecule has 0 fully saturated rings. The number of hydrogen-bond acceptors (Lipinski definition) is 1. The predicted molar refractivity (Wildman–Crippen MR) is 67.0 cm³/mol. The average Bonchev–Trinajstić information content (AvgIpc) is 2.17. The SMILES string of the molecule is O=C(O)CCCCc1cc(Br)ccc1Br. The standard InChI is InChI=1S/C11H12Br2O2/c12-9-5-6-10(13)8(7-9)3-1-2-4-11(14)15/h5-7H,1-4H2,(H,14,15). The Balaban J connectivity index is 2.43. The molecule has 0 aliphatic heterocycles. The van der Waals surface area contributed by atoms with Crippen LogP contribution in [0.25, 0.3) is 0 Å². The molecule has 1 aromatic rings. The lowest BCUT2D eigenvalue weighted by Crippen LogP contribution is -1.95. The number of rotatable bonds is 5. The van der Waals surface area contributed by atoms with Crippen molar-refractivity contribution < 1.29 is 9.90 Å². The molecule has 0 radical (unpaired) electrons. The number of aliphatic carboxylic acids is 1. The fourth-order valence-corrected chi connectivity index (χ4v) is 2.18. The summed E-state index contributed by atoms with van der Waals surface area (Å²) in [6, 6.07) is 6.03. The predicted octanol–water partition coefficient (Wildman–Crippen LogP) is 4.01.